The van der Waals surface area contributed by atoms with Crippen LogP contribution in [0.25, 0.3) is 16.6 Å². The van der Waals surface area contributed by atoms with Crippen molar-refractivity contribution in [3.05, 3.63) is 83.8 Å². The lowest BCUT2D eigenvalue weighted by molar-refractivity contribution is 0.0591. The minimum atomic E-state index is -3.55. The molecule has 4 atom stereocenters. The summed E-state index contributed by atoms with van der Waals surface area (Å²) in [5.74, 6) is 0.777. The van der Waals surface area contributed by atoms with Crippen molar-refractivity contribution >= 4 is 21.1 Å². The first-order valence-corrected chi connectivity index (χ1v) is 15.6. The number of rotatable bonds is 6. The highest BCUT2D eigenvalue weighted by Gasteiger charge is 2.72. The summed E-state index contributed by atoms with van der Waals surface area (Å²) in [4.78, 5) is 0. The first-order valence-electron chi connectivity index (χ1n) is 14.2. The van der Waals surface area contributed by atoms with Crippen LogP contribution in [-0.4, -0.2) is 66.2 Å². The van der Waals surface area contributed by atoms with E-state index in [0.717, 1.165) is 41.4 Å². The normalized spacial score (nSPS) is 29.3. The minimum absolute atomic E-state index is 0.130. The maximum Gasteiger partial charge on any atom is 0.282 e. The van der Waals surface area contributed by atoms with Crippen LogP contribution in [0.1, 0.15) is 30.4 Å². The molecule has 7 nitrogen and oxygen atoms in total. The van der Waals surface area contributed by atoms with Crippen molar-refractivity contribution in [2.45, 2.75) is 37.7 Å². The van der Waals surface area contributed by atoms with Crippen molar-refractivity contribution in [1.29, 1.82) is 0 Å². The first kappa shape index (κ1) is 26.1. The van der Waals surface area contributed by atoms with Crippen LogP contribution in [0.5, 0.6) is 0 Å². The van der Waals surface area contributed by atoms with E-state index in [1.165, 1.54) is 17.7 Å². The van der Waals surface area contributed by atoms with Gasteiger partial charge >= 0.3 is 0 Å². The number of ether oxygens (including phenoxy) is 1. The molecular weight excluding hydrogens is 527 g/mol. The van der Waals surface area contributed by atoms with Crippen LogP contribution in [-0.2, 0) is 20.4 Å². The Labute approximate surface area is 235 Å². The van der Waals surface area contributed by atoms with Crippen LogP contribution in [0.15, 0.2) is 66.9 Å². The van der Waals surface area contributed by atoms with Gasteiger partial charge in [-0.05, 0) is 91.5 Å². The number of fused-ring (bicyclic) bond motifs is 2. The zero-order chi connectivity index (χ0) is 27.6. The van der Waals surface area contributed by atoms with Crippen molar-refractivity contribution < 1.29 is 17.5 Å². The molecule has 9 heteroatoms. The van der Waals surface area contributed by atoms with Crippen LogP contribution in [0.3, 0.4) is 0 Å². The summed E-state index contributed by atoms with van der Waals surface area (Å²) in [6.45, 7) is 4.19. The standard InChI is InChI=1S/C31H35FN4O3S/c1-21-16-29-23(18-33-36(29)25-10-8-24(32)9-11-25)17-27(21)31-20-35(19-28(31)30(31)22-6-4-3-5-7-22)40(37,38)34-14-12-26(39-2)13-15-34/h3-6,8-11,16-18,22,26,28,30H,7,12-15,19-20H2,1-2H3/t22?,28-,30-,31+/m0/s1. The molecular formula is C31H35FN4O3S. The predicted molar refractivity (Wildman–Crippen MR) is 153 cm³/mol. The lowest BCUT2D eigenvalue weighted by atomic mass is 9.83. The van der Waals surface area contributed by atoms with Gasteiger partial charge in [-0.15, -0.1) is 0 Å². The van der Waals surface area contributed by atoms with Crippen LogP contribution >= 0.6 is 0 Å². The summed E-state index contributed by atoms with van der Waals surface area (Å²) in [5.41, 5.74) is 3.90. The number of hydrogen-bond donors (Lipinski definition) is 0. The van der Waals surface area contributed by atoms with E-state index in [-0.39, 0.29) is 23.3 Å². The van der Waals surface area contributed by atoms with Gasteiger partial charge in [0.15, 0.2) is 0 Å². The molecule has 40 heavy (non-hydrogen) atoms. The Balaban J connectivity index is 1.24. The molecule has 2 aliphatic carbocycles. The molecule has 3 fully saturated rings. The fourth-order valence-electron chi connectivity index (χ4n) is 7.74. The van der Waals surface area contributed by atoms with Crippen LogP contribution in [0.2, 0.25) is 0 Å². The molecule has 2 saturated heterocycles. The third-order valence-corrected chi connectivity index (χ3v) is 11.7. The van der Waals surface area contributed by atoms with Gasteiger partial charge in [0.1, 0.15) is 5.82 Å². The number of nitrogens with zero attached hydrogens (tertiary/aromatic N) is 4. The molecule has 3 heterocycles. The molecule has 7 rings (SSSR count). The zero-order valence-electron chi connectivity index (χ0n) is 22.9. The number of benzene rings is 2. The van der Waals surface area contributed by atoms with Gasteiger partial charge in [0.25, 0.3) is 10.2 Å². The van der Waals surface area contributed by atoms with Crippen molar-refractivity contribution in [3.63, 3.8) is 0 Å². The Hall–Kier alpha value is -2.85. The fraction of sp³-hybridized carbons (Fsp3) is 0.452. The van der Waals surface area contributed by atoms with E-state index >= 15 is 0 Å². The molecule has 2 aliphatic heterocycles. The maximum atomic E-state index is 13.8. The highest BCUT2D eigenvalue weighted by molar-refractivity contribution is 7.86. The quantitative estimate of drug-likeness (QED) is 0.435. The molecule has 3 aromatic rings. The molecule has 0 bridgehead atoms. The summed E-state index contributed by atoms with van der Waals surface area (Å²) in [7, 11) is -1.86. The van der Waals surface area contributed by atoms with Crippen molar-refractivity contribution in [3.8, 4) is 5.69 Å². The van der Waals surface area contributed by atoms with Crippen LogP contribution in [0, 0.1) is 30.5 Å². The summed E-state index contributed by atoms with van der Waals surface area (Å²) < 4.78 is 51.9. The average molecular weight is 563 g/mol. The number of aromatic nitrogens is 2. The van der Waals surface area contributed by atoms with E-state index in [4.69, 9.17) is 4.74 Å². The number of piperidine rings is 2. The predicted octanol–water partition coefficient (Wildman–Crippen LogP) is 4.76. The van der Waals surface area contributed by atoms with E-state index in [0.29, 0.717) is 38.0 Å². The monoisotopic (exact) mass is 562 g/mol. The smallest absolute Gasteiger partial charge is 0.282 e. The van der Waals surface area contributed by atoms with Crippen LogP contribution in [0.4, 0.5) is 4.39 Å². The Morgan fingerprint density at radius 1 is 1.07 bits per heavy atom. The van der Waals surface area contributed by atoms with E-state index in [1.807, 2.05) is 10.9 Å². The number of hydrogen-bond acceptors (Lipinski definition) is 4. The zero-order valence-corrected chi connectivity index (χ0v) is 23.7. The number of allylic oxidation sites excluding steroid dienone is 4. The topological polar surface area (TPSA) is 67.7 Å². The Morgan fingerprint density at radius 3 is 2.55 bits per heavy atom. The van der Waals surface area contributed by atoms with E-state index < -0.39 is 10.2 Å². The van der Waals surface area contributed by atoms with Gasteiger partial charge in [-0.1, -0.05) is 24.3 Å². The van der Waals surface area contributed by atoms with Gasteiger partial charge < -0.3 is 4.74 Å². The molecule has 4 aliphatic rings. The van der Waals surface area contributed by atoms with E-state index in [1.54, 1.807) is 27.9 Å². The van der Waals surface area contributed by atoms with E-state index in [9.17, 15) is 12.8 Å². The molecule has 1 saturated carbocycles. The van der Waals surface area contributed by atoms with Crippen molar-refractivity contribution in [1.82, 2.24) is 18.4 Å². The third kappa shape index (κ3) is 4.01. The summed E-state index contributed by atoms with van der Waals surface area (Å²) >= 11 is 0. The first-order chi connectivity index (χ1) is 19.3. The van der Waals surface area contributed by atoms with Gasteiger partial charge in [0, 0.05) is 44.1 Å². The molecule has 2 aromatic carbocycles. The second-order valence-electron chi connectivity index (χ2n) is 11.8. The summed E-state index contributed by atoms with van der Waals surface area (Å²) in [6.07, 6.45) is 13.2. The Morgan fingerprint density at radius 2 is 1.85 bits per heavy atom. The average Bonchev–Trinajstić information content (AvgIpc) is 3.23. The highest BCUT2D eigenvalue weighted by atomic mass is 32.2. The van der Waals surface area contributed by atoms with E-state index in [2.05, 4.69) is 48.5 Å². The van der Waals surface area contributed by atoms with Gasteiger partial charge in [-0.3, -0.25) is 0 Å². The molecule has 0 radical (unpaired) electrons. The fourth-order valence-corrected chi connectivity index (χ4v) is 9.47. The van der Waals surface area contributed by atoms with Gasteiger partial charge in [-0.25, -0.2) is 9.07 Å². The van der Waals surface area contributed by atoms with Gasteiger partial charge in [-0.2, -0.15) is 22.1 Å². The maximum absolute atomic E-state index is 13.8. The van der Waals surface area contributed by atoms with Gasteiger partial charge in [0.2, 0.25) is 0 Å². The van der Waals surface area contributed by atoms with Crippen molar-refractivity contribution in [2.24, 2.45) is 17.8 Å². The van der Waals surface area contributed by atoms with Gasteiger partial charge in [0.05, 0.1) is 23.5 Å². The summed E-state index contributed by atoms with van der Waals surface area (Å²) in [6, 6.07) is 10.7. The molecule has 210 valence electrons. The largest absolute Gasteiger partial charge is 0.381 e. The Bertz CT molecular complexity index is 1610. The molecule has 1 aromatic heterocycles. The Kier molecular flexibility index (Phi) is 6.27. The molecule has 0 N–H and O–H groups in total. The lowest BCUT2D eigenvalue weighted by Gasteiger charge is -2.35. The minimum Gasteiger partial charge on any atom is -0.381 e. The van der Waals surface area contributed by atoms with Crippen molar-refractivity contribution in [2.75, 3.05) is 33.3 Å². The number of methoxy groups -OCH3 is 1. The highest BCUT2D eigenvalue weighted by Crippen LogP contribution is 2.69. The lowest BCUT2D eigenvalue weighted by Crippen LogP contribution is -2.49. The second-order valence-corrected chi connectivity index (χ2v) is 13.7. The SMILES string of the molecule is COC1CCN(S(=O)(=O)N2C[C@H]3[C@H](C4C=CC=CC4)[C@@]3(c3cc4cnn(-c5ccc(F)cc5)c4cc3C)C2)CC1. The molecule has 0 amide bonds. The second kappa shape index (κ2) is 9.62. The summed E-state index contributed by atoms with van der Waals surface area (Å²) in [5, 5.41) is 5.63. The number of halogens is 1. The molecule has 0 spiro atoms. The molecule has 1 unspecified atom stereocenters. The van der Waals surface area contributed by atoms with Crippen LogP contribution < -0.4 is 0 Å². The number of aryl methyl sites for hydroxylation is 1. The third-order valence-electron chi connectivity index (χ3n) is 9.77.